The van der Waals surface area contributed by atoms with Gasteiger partial charge in [0.05, 0.1) is 72.8 Å². The zero-order chi connectivity index (χ0) is 49.3. The lowest BCUT2D eigenvalue weighted by molar-refractivity contribution is -0.137. The summed E-state index contributed by atoms with van der Waals surface area (Å²) in [7, 11) is -12.7. The van der Waals surface area contributed by atoms with Gasteiger partial charge >= 0.3 is 5.97 Å². The molecular formula is C47H66NO16S3-3. The van der Waals surface area contributed by atoms with E-state index in [9.17, 15) is 43.7 Å². The number of ether oxygens (including phenoxy) is 5. The first-order valence-corrected chi connectivity index (χ1v) is 27.1. The van der Waals surface area contributed by atoms with Crippen molar-refractivity contribution in [2.24, 2.45) is 0 Å². The second-order valence-electron chi connectivity index (χ2n) is 17.1. The molecule has 17 nitrogen and oxygen atoms in total. The molecule has 2 atom stereocenters. The summed E-state index contributed by atoms with van der Waals surface area (Å²) in [4.78, 5) is 12.3. The maximum Gasteiger partial charge on any atom is 0.303 e. The van der Waals surface area contributed by atoms with Crippen LogP contribution >= 0.6 is 0 Å². The van der Waals surface area contributed by atoms with E-state index in [1.807, 2.05) is 43.9 Å². The van der Waals surface area contributed by atoms with Crippen LogP contribution in [0.15, 0.2) is 81.3 Å². The molecule has 2 aromatic rings. The molecule has 2 aromatic carbocycles. The lowest BCUT2D eigenvalue weighted by atomic mass is 9.70. The monoisotopic (exact) mass is 996 g/mol. The van der Waals surface area contributed by atoms with Crippen molar-refractivity contribution in [1.29, 1.82) is 0 Å². The maximum absolute atomic E-state index is 12.5. The van der Waals surface area contributed by atoms with E-state index in [1.165, 1.54) is 24.3 Å². The fourth-order valence-electron chi connectivity index (χ4n) is 9.01. The Balaban J connectivity index is 1.73. The van der Waals surface area contributed by atoms with E-state index >= 15 is 0 Å². The fourth-order valence-corrected chi connectivity index (χ4v) is 10.5. The number of hydrogen-bond donors (Lipinski definition) is 1. The molecular weight excluding hydrogens is 931 g/mol. The number of rotatable bonds is 31. The summed E-state index contributed by atoms with van der Waals surface area (Å²) < 4.78 is 137. The van der Waals surface area contributed by atoms with Gasteiger partial charge in [-0.25, -0.2) is 25.3 Å². The Bertz CT molecular complexity index is 2400. The molecule has 20 heteroatoms. The topological polar surface area (TPSA) is 258 Å². The zero-order valence-corrected chi connectivity index (χ0v) is 41.4. The van der Waals surface area contributed by atoms with Crippen LogP contribution in [0.2, 0.25) is 0 Å². The van der Waals surface area contributed by atoms with Crippen molar-refractivity contribution in [3.63, 3.8) is 0 Å². The number of allylic oxidation sites excluding steroid dienone is 6. The largest absolute Gasteiger partial charge is 0.748 e. The molecule has 67 heavy (non-hydrogen) atoms. The van der Waals surface area contributed by atoms with Crippen LogP contribution < -0.4 is 4.90 Å². The van der Waals surface area contributed by atoms with E-state index in [1.54, 1.807) is 19.2 Å². The van der Waals surface area contributed by atoms with Crippen molar-refractivity contribution >= 4 is 42.0 Å². The van der Waals surface area contributed by atoms with Gasteiger partial charge in [-0.3, -0.25) is 4.79 Å². The third-order valence-electron chi connectivity index (χ3n) is 12.5. The molecule has 2 aliphatic rings. The first-order valence-electron chi connectivity index (χ1n) is 22.7. The molecule has 1 aliphatic heterocycles. The highest BCUT2D eigenvalue weighted by Crippen LogP contribution is 2.51. The van der Waals surface area contributed by atoms with Gasteiger partial charge in [0.15, 0.2) is 0 Å². The van der Waals surface area contributed by atoms with Gasteiger partial charge in [-0.05, 0) is 124 Å². The van der Waals surface area contributed by atoms with Crippen LogP contribution in [0.25, 0.3) is 0 Å². The van der Waals surface area contributed by atoms with E-state index in [-0.39, 0.29) is 37.4 Å². The lowest BCUT2D eigenvalue weighted by Gasteiger charge is -2.35. The summed E-state index contributed by atoms with van der Waals surface area (Å²) in [5.74, 6) is -1.50. The van der Waals surface area contributed by atoms with E-state index < -0.39 is 57.8 Å². The molecule has 2 unspecified atom stereocenters. The van der Waals surface area contributed by atoms with Gasteiger partial charge in [-0.2, -0.15) is 0 Å². The van der Waals surface area contributed by atoms with Crippen LogP contribution in [0, 0.1) is 0 Å². The summed E-state index contributed by atoms with van der Waals surface area (Å²) in [5, 5.41) is 9.17. The third-order valence-corrected chi connectivity index (χ3v) is 14.9. The second-order valence-corrected chi connectivity index (χ2v) is 21.4. The minimum atomic E-state index is -4.86. The number of hydrogen-bond acceptors (Lipinski definition) is 16. The normalized spacial score (nSPS) is 19.6. The van der Waals surface area contributed by atoms with E-state index in [2.05, 4.69) is 0 Å². The van der Waals surface area contributed by atoms with E-state index in [0.29, 0.717) is 107 Å². The Labute approximate surface area is 396 Å². The first-order chi connectivity index (χ1) is 31.7. The smallest absolute Gasteiger partial charge is 0.303 e. The predicted molar refractivity (Wildman–Crippen MR) is 248 cm³/mol. The van der Waals surface area contributed by atoms with Gasteiger partial charge < -0.3 is 47.3 Å². The molecule has 1 aliphatic carbocycles. The van der Waals surface area contributed by atoms with Crippen molar-refractivity contribution in [2.45, 2.75) is 112 Å². The minimum Gasteiger partial charge on any atom is -0.748 e. The van der Waals surface area contributed by atoms with Gasteiger partial charge in [-0.1, -0.05) is 43.6 Å². The highest BCUT2D eigenvalue weighted by Gasteiger charge is 2.43. The van der Waals surface area contributed by atoms with Crippen molar-refractivity contribution in [2.75, 3.05) is 83.8 Å². The van der Waals surface area contributed by atoms with Crippen LogP contribution in [0.3, 0.4) is 0 Å². The number of benzene rings is 2. The number of unbranched alkanes of at least 4 members (excludes halogenated alkanes) is 3. The number of carboxylic acid groups (broad SMARTS) is 1. The SMILES string of the molecule is CCN1/C(=C/C=C/C2=C(CCCCCCC(=O)O)CCc3ccc(S(=O)(=O)[O-])cc3C2(C)CCOCCOCCOCCOCCOC)C(C)(CCCS(=O)(=O)[O-])c2cc(S(=O)(=O)[O-])ccc21. The maximum atomic E-state index is 12.5. The molecule has 1 heterocycles. The first kappa shape index (κ1) is 56.1. The molecule has 4 rings (SSSR count). The second kappa shape index (κ2) is 25.9. The van der Waals surface area contributed by atoms with Crippen LogP contribution in [-0.4, -0.2) is 129 Å². The number of nitrogens with zero attached hydrogens (tertiary/aromatic N) is 1. The Hall–Kier alpha value is -3.54. The lowest BCUT2D eigenvalue weighted by Crippen LogP contribution is -2.29. The van der Waals surface area contributed by atoms with Gasteiger partial charge in [-0.15, -0.1) is 0 Å². The number of carboxylic acids is 1. The number of anilines is 1. The Morgan fingerprint density at radius 3 is 1.85 bits per heavy atom. The van der Waals surface area contributed by atoms with Crippen molar-refractivity contribution in [3.05, 3.63) is 88.2 Å². The summed E-state index contributed by atoms with van der Waals surface area (Å²) in [6.45, 7) is 9.48. The molecule has 0 bridgehead atoms. The average molecular weight is 997 g/mol. The molecule has 0 radical (unpaired) electrons. The zero-order valence-electron chi connectivity index (χ0n) is 39.0. The summed E-state index contributed by atoms with van der Waals surface area (Å²) in [6.07, 6.45) is 10.8. The number of methoxy groups -OCH3 is 1. The van der Waals surface area contributed by atoms with Crippen molar-refractivity contribution in [3.8, 4) is 0 Å². The van der Waals surface area contributed by atoms with Crippen molar-refractivity contribution < 1.29 is 72.5 Å². The summed E-state index contributed by atoms with van der Waals surface area (Å²) >= 11 is 0. The van der Waals surface area contributed by atoms with Gasteiger partial charge in [0.1, 0.15) is 20.2 Å². The Kier molecular flexibility index (Phi) is 21.7. The number of aryl methyl sites for hydroxylation is 1. The molecule has 0 saturated heterocycles. The predicted octanol–water partition coefficient (Wildman–Crippen LogP) is 6.09. The Morgan fingerprint density at radius 2 is 1.28 bits per heavy atom. The summed E-state index contributed by atoms with van der Waals surface area (Å²) in [6, 6.07) is 8.59. The summed E-state index contributed by atoms with van der Waals surface area (Å²) in [5.41, 5.74) is 3.33. The van der Waals surface area contributed by atoms with Gasteiger partial charge in [0.2, 0.25) is 0 Å². The molecule has 0 amide bonds. The molecule has 0 spiro atoms. The van der Waals surface area contributed by atoms with Crippen LogP contribution in [0.1, 0.15) is 102 Å². The van der Waals surface area contributed by atoms with Crippen LogP contribution in [-0.2, 0) is 76.1 Å². The van der Waals surface area contributed by atoms with Crippen LogP contribution in [0.4, 0.5) is 5.69 Å². The number of aliphatic carboxylic acids is 1. The number of likely N-dealkylation sites (N-methyl/N-ethyl adjacent to an activating group) is 1. The molecule has 1 N–H and O–H groups in total. The van der Waals surface area contributed by atoms with Gasteiger partial charge in [0.25, 0.3) is 0 Å². The average Bonchev–Trinajstić information content (AvgIpc) is 3.42. The number of fused-ring (bicyclic) bond motifs is 2. The quantitative estimate of drug-likeness (QED) is 0.0662. The number of carbonyl (C=O) groups is 1. The Morgan fingerprint density at radius 1 is 0.716 bits per heavy atom. The minimum absolute atomic E-state index is 0.0414. The molecule has 0 aromatic heterocycles. The molecule has 0 fully saturated rings. The third kappa shape index (κ3) is 16.5. The van der Waals surface area contributed by atoms with E-state index in [0.717, 1.165) is 36.0 Å². The standard InChI is InChI=1S/C47H69NO16S3/c1-5-48-43-21-20-39(67(57,58)59)35-42(43)47(3,22-11-33-65(51,52)53)44(48)14-10-13-40-36(12-8-6-7-9-15-45(49)50)16-17-37-18-19-38(66(54,55)56)34-41(37)46(40,2)23-24-61-27-28-63-31-32-64-30-29-62-26-25-60-4/h10,13-14,18-21,34-35H,5-9,11-12,15-17,22-33H2,1-4H3,(H,49,50)(H,51,52,53)(H,54,55,56)(H,57,58,59)/p-3/b13-10+,44-14+. The van der Waals surface area contributed by atoms with Crippen molar-refractivity contribution in [1.82, 2.24) is 0 Å². The highest BCUT2D eigenvalue weighted by molar-refractivity contribution is 7.86. The van der Waals surface area contributed by atoms with Crippen LogP contribution in [0.5, 0.6) is 0 Å². The molecule has 0 saturated carbocycles. The molecule has 376 valence electrons. The van der Waals surface area contributed by atoms with E-state index in [4.69, 9.17) is 28.8 Å². The highest BCUT2D eigenvalue weighted by atomic mass is 32.2. The van der Waals surface area contributed by atoms with Gasteiger partial charge in [0, 0.05) is 54.6 Å². The fraction of sp³-hybridized carbons (Fsp3) is 0.596.